The van der Waals surface area contributed by atoms with E-state index in [0.29, 0.717) is 16.5 Å². The number of nitrogens with zero attached hydrogens (tertiary/aromatic N) is 1. The van der Waals surface area contributed by atoms with Crippen molar-refractivity contribution in [3.05, 3.63) is 82.8 Å². The summed E-state index contributed by atoms with van der Waals surface area (Å²) in [5, 5.41) is 12.7. The fourth-order valence-electron chi connectivity index (χ4n) is 2.99. The first-order valence-corrected chi connectivity index (χ1v) is 7.96. The summed E-state index contributed by atoms with van der Waals surface area (Å²) in [6.07, 6.45) is 0.0838. The van der Waals surface area contributed by atoms with Crippen LogP contribution in [-0.2, 0) is 11.2 Å². The summed E-state index contributed by atoms with van der Waals surface area (Å²) in [6.45, 7) is 0. The van der Waals surface area contributed by atoms with E-state index >= 15 is 0 Å². The van der Waals surface area contributed by atoms with E-state index in [2.05, 4.69) is 15.5 Å². The van der Waals surface area contributed by atoms with Gasteiger partial charge in [-0.1, -0.05) is 54.6 Å². The predicted octanol–water partition coefficient (Wildman–Crippen LogP) is 3.26. The second-order valence-electron chi connectivity index (χ2n) is 5.80. The van der Waals surface area contributed by atoms with Crippen LogP contribution in [0.3, 0.4) is 0 Å². The number of carbonyl (C=O) groups is 1. The molecule has 1 amide bonds. The van der Waals surface area contributed by atoms with Crippen LogP contribution in [0, 0.1) is 0 Å². The number of aromatic amines is 1. The quantitative estimate of drug-likeness (QED) is 0.606. The first kappa shape index (κ1) is 15.1. The molecule has 1 heterocycles. The van der Waals surface area contributed by atoms with Crippen LogP contribution < -0.4 is 10.9 Å². The first-order chi connectivity index (χ1) is 12.2. The molecule has 3 aromatic carbocycles. The lowest BCUT2D eigenvalue weighted by Crippen LogP contribution is -2.18. The number of fused-ring (bicyclic) bond motifs is 2. The summed E-state index contributed by atoms with van der Waals surface area (Å²) in [7, 11) is 0. The molecule has 4 rings (SSSR count). The SMILES string of the molecule is O=C(Cc1n[nH]c(=O)c2ccccc12)Nc1cccc2ccccc12. The smallest absolute Gasteiger partial charge is 0.272 e. The molecule has 5 heteroatoms. The predicted molar refractivity (Wildman–Crippen MR) is 98.6 cm³/mol. The zero-order valence-corrected chi connectivity index (χ0v) is 13.3. The summed E-state index contributed by atoms with van der Waals surface area (Å²) >= 11 is 0. The van der Waals surface area contributed by atoms with Gasteiger partial charge in [0.2, 0.25) is 5.91 Å². The molecule has 1 aromatic heterocycles. The third kappa shape index (κ3) is 2.87. The minimum atomic E-state index is -0.256. The average molecular weight is 329 g/mol. The standard InChI is InChI=1S/C20H15N3O2/c24-19(21-17-11-5-7-13-6-1-2-8-14(13)17)12-18-15-9-3-4-10-16(15)20(25)23-22-18/h1-11H,12H2,(H,21,24)(H,23,25). The van der Waals surface area contributed by atoms with Crippen molar-refractivity contribution in [2.75, 3.05) is 5.32 Å². The number of nitrogens with one attached hydrogen (secondary N) is 2. The zero-order chi connectivity index (χ0) is 17.2. The van der Waals surface area contributed by atoms with E-state index < -0.39 is 0 Å². The first-order valence-electron chi connectivity index (χ1n) is 7.96. The number of hydrogen-bond acceptors (Lipinski definition) is 3. The Morgan fingerprint density at radius 1 is 0.880 bits per heavy atom. The largest absolute Gasteiger partial charge is 0.325 e. The van der Waals surface area contributed by atoms with Gasteiger partial charge >= 0.3 is 0 Å². The van der Waals surface area contributed by atoms with E-state index in [-0.39, 0.29) is 17.9 Å². The van der Waals surface area contributed by atoms with Gasteiger partial charge in [0.15, 0.2) is 0 Å². The zero-order valence-electron chi connectivity index (χ0n) is 13.3. The van der Waals surface area contributed by atoms with Crippen molar-refractivity contribution in [2.45, 2.75) is 6.42 Å². The molecular weight excluding hydrogens is 314 g/mol. The van der Waals surface area contributed by atoms with Crippen molar-refractivity contribution < 1.29 is 4.79 Å². The van der Waals surface area contributed by atoms with Gasteiger partial charge in [-0.25, -0.2) is 5.10 Å². The van der Waals surface area contributed by atoms with Crippen LogP contribution in [0.1, 0.15) is 5.69 Å². The number of amides is 1. The van der Waals surface area contributed by atoms with Gasteiger partial charge in [-0.05, 0) is 17.5 Å². The Bertz CT molecular complexity index is 1140. The van der Waals surface area contributed by atoms with E-state index in [1.807, 2.05) is 48.5 Å². The molecule has 4 aromatic rings. The van der Waals surface area contributed by atoms with Crippen molar-refractivity contribution in [1.29, 1.82) is 0 Å². The van der Waals surface area contributed by atoms with Gasteiger partial charge in [0.25, 0.3) is 5.56 Å². The molecule has 2 N–H and O–H groups in total. The Balaban J connectivity index is 1.65. The summed E-state index contributed by atoms with van der Waals surface area (Å²) < 4.78 is 0. The van der Waals surface area contributed by atoms with Crippen LogP contribution >= 0.6 is 0 Å². The molecule has 0 fully saturated rings. The Hall–Kier alpha value is -3.47. The summed E-state index contributed by atoms with van der Waals surface area (Å²) in [5.74, 6) is -0.180. The Labute approximate surface area is 143 Å². The highest BCUT2D eigenvalue weighted by Gasteiger charge is 2.11. The number of hydrogen-bond donors (Lipinski definition) is 2. The Kier molecular flexibility index (Phi) is 3.74. The normalized spacial score (nSPS) is 10.9. The van der Waals surface area contributed by atoms with Gasteiger partial charge in [-0.2, -0.15) is 5.10 Å². The van der Waals surface area contributed by atoms with Crippen molar-refractivity contribution in [3.8, 4) is 0 Å². The lowest BCUT2D eigenvalue weighted by atomic mass is 10.1. The molecule has 0 saturated carbocycles. The topological polar surface area (TPSA) is 74.8 Å². The molecule has 122 valence electrons. The highest BCUT2D eigenvalue weighted by Crippen LogP contribution is 2.23. The van der Waals surface area contributed by atoms with Gasteiger partial charge in [0.05, 0.1) is 17.5 Å². The van der Waals surface area contributed by atoms with Crippen molar-refractivity contribution in [2.24, 2.45) is 0 Å². The van der Waals surface area contributed by atoms with Crippen LogP contribution in [0.5, 0.6) is 0 Å². The molecule has 0 aliphatic heterocycles. The number of H-pyrrole nitrogens is 1. The third-order valence-corrected chi connectivity index (χ3v) is 4.17. The minimum absolute atomic E-state index is 0.0838. The molecule has 5 nitrogen and oxygen atoms in total. The van der Waals surface area contributed by atoms with Gasteiger partial charge in [-0.3, -0.25) is 9.59 Å². The van der Waals surface area contributed by atoms with E-state index in [9.17, 15) is 9.59 Å². The lowest BCUT2D eigenvalue weighted by Gasteiger charge is -2.09. The molecule has 0 spiro atoms. The number of anilines is 1. The summed E-state index contributed by atoms with van der Waals surface area (Å²) in [4.78, 5) is 24.3. The maximum Gasteiger partial charge on any atom is 0.272 e. The number of carbonyl (C=O) groups excluding carboxylic acids is 1. The van der Waals surface area contributed by atoms with Gasteiger partial charge in [0.1, 0.15) is 0 Å². The van der Waals surface area contributed by atoms with Crippen molar-refractivity contribution in [1.82, 2.24) is 10.2 Å². The second-order valence-corrected chi connectivity index (χ2v) is 5.80. The second kappa shape index (κ2) is 6.20. The molecule has 0 saturated heterocycles. The molecular formula is C20H15N3O2. The van der Waals surface area contributed by atoms with Gasteiger partial charge in [0, 0.05) is 16.5 Å². The average Bonchev–Trinajstić information content (AvgIpc) is 2.65. The molecule has 0 bridgehead atoms. The Morgan fingerprint density at radius 3 is 2.40 bits per heavy atom. The maximum absolute atomic E-state index is 12.5. The van der Waals surface area contributed by atoms with Crippen LogP contribution in [0.4, 0.5) is 5.69 Å². The van der Waals surface area contributed by atoms with Crippen LogP contribution in [0.2, 0.25) is 0 Å². The molecule has 0 aliphatic rings. The minimum Gasteiger partial charge on any atom is -0.325 e. The van der Waals surface area contributed by atoms with Crippen molar-refractivity contribution in [3.63, 3.8) is 0 Å². The van der Waals surface area contributed by atoms with Crippen LogP contribution in [-0.4, -0.2) is 16.1 Å². The number of benzene rings is 3. The molecule has 25 heavy (non-hydrogen) atoms. The molecule has 0 aliphatic carbocycles. The van der Waals surface area contributed by atoms with Crippen LogP contribution in [0.15, 0.2) is 71.5 Å². The van der Waals surface area contributed by atoms with E-state index in [0.717, 1.165) is 16.5 Å². The maximum atomic E-state index is 12.5. The number of rotatable bonds is 3. The fourth-order valence-corrected chi connectivity index (χ4v) is 2.99. The monoisotopic (exact) mass is 329 g/mol. The van der Waals surface area contributed by atoms with Gasteiger partial charge in [-0.15, -0.1) is 0 Å². The highest BCUT2D eigenvalue weighted by atomic mass is 16.1. The lowest BCUT2D eigenvalue weighted by molar-refractivity contribution is -0.115. The third-order valence-electron chi connectivity index (χ3n) is 4.17. The van der Waals surface area contributed by atoms with E-state index in [1.165, 1.54) is 0 Å². The van der Waals surface area contributed by atoms with Crippen LogP contribution in [0.25, 0.3) is 21.5 Å². The molecule has 0 radical (unpaired) electrons. The summed E-state index contributed by atoms with van der Waals surface area (Å²) in [6, 6.07) is 20.8. The van der Waals surface area contributed by atoms with Crippen molar-refractivity contribution >= 4 is 33.1 Å². The van der Waals surface area contributed by atoms with Gasteiger partial charge < -0.3 is 5.32 Å². The molecule has 0 unspecified atom stereocenters. The Morgan fingerprint density at radius 2 is 1.56 bits per heavy atom. The van der Waals surface area contributed by atoms with E-state index in [4.69, 9.17) is 0 Å². The van der Waals surface area contributed by atoms with E-state index in [1.54, 1.807) is 18.2 Å². The highest BCUT2D eigenvalue weighted by molar-refractivity contribution is 6.03. The fraction of sp³-hybridized carbons (Fsp3) is 0.0500. The molecule has 0 atom stereocenters. The number of aromatic nitrogens is 2. The summed E-state index contributed by atoms with van der Waals surface area (Å²) in [5.41, 5.74) is 1.05.